The van der Waals surface area contributed by atoms with Crippen molar-refractivity contribution in [3.8, 4) is 11.5 Å². The number of hydrogen-bond acceptors (Lipinski definition) is 5. The Labute approximate surface area is 112 Å². The number of thioether (sulfide) groups is 1. The van der Waals surface area contributed by atoms with E-state index in [9.17, 15) is 0 Å². The maximum atomic E-state index is 5.74. The van der Waals surface area contributed by atoms with Crippen molar-refractivity contribution < 1.29 is 4.52 Å². The Morgan fingerprint density at radius 3 is 3.06 bits per heavy atom. The molecule has 2 N–H and O–H groups in total. The molecule has 6 heteroatoms. The number of nitrogens with zero attached hydrogens (tertiary/aromatic N) is 2. The largest absolute Gasteiger partial charge is 0.399 e. The van der Waals surface area contributed by atoms with Crippen molar-refractivity contribution in [2.75, 3.05) is 11.5 Å². The second-order valence-corrected chi connectivity index (χ2v) is 5.52. The summed E-state index contributed by atoms with van der Waals surface area (Å²) in [5, 5.41) is 3.93. The number of nitrogens with two attached hydrogens (primary N) is 1. The van der Waals surface area contributed by atoms with Crippen molar-refractivity contribution in [3.63, 3.8) is 0 Å². The number of nitrogen functional groups attached to an aromatic ring is 1. The molecule has 0 aliphatic rings. The topological polar surface area (TPSA) is 64.9 Å². The summed E-state index contributed by atoms with van der Waals surface area (Å²) < 4.78 is 6.12. The molecule has 1 heterocycles. The summed E-state index contributed by atoms with van der Waals surface area (Å²) in [6, 6.07) is 5.50. The van der Waals surface area contributed by atoms with Crippen molar-refractivity contribution in [1.29, 1.82) is 0 Å². The Kier molecular flexibility index (Phi) is 4.06. The quantitative estimate of drug-likeness (QED) is 0.877. The molecule has 0 amide bonds. The van der Waals surface area contributed by atoms with Crippen LogP contribution < -0.4 is 5.73 Å². The molecule has 90 valence electrons. The van der Waals surface area contributed by atoms with Gasteiger partial charge >= 0.3 is 0 Å². The first-order chi connectivity index (χ1) is 8.20. The standard InChI is InChI=1S/C11H12BrN3OS/c1-2-17-6-10-14-11(16-15-10)8-5-7(13)3-4-9(8)12/h3-5H,2,6,13H2,1H3. The lowest BCUT2D eigenvalue weighted by atomic mass is 10.2. The van der Waals surface area contributed by atoms with Crippen molar-refractivity contribution in [3.05, 3.63) is 28.5 Å². The molecule has 1 aromatic heterocycles. The fourth-order valence-electron chi connectivity index (χ4n) is 1.32. The van der Waals surface area contributed by atoms with Crippen molar-refractivity contribution in [1.82, 2.24) is 10.1 Å². The monoisotopic (exact) mass is 313 g/mol. The Balaban J connectivity index is 2.27. The van der Waals surface area contributed by atoms with Gasteiger partial charge < -0.3 is 10.3 Å². The number of hydrogen-bond donors (Lipinski definition) is 1. The summed E-state index contributed by atoms with van der Waals surface area (Å²) in [4.78, 5) is 4.34. The minimum Gasteiger partial charge on any atom is -0.399 e. The van der Waals surface area contributed by atoms with Gasteiger partial charge in [0.25, 0.3) is 5.89 Å². The second-order valence-electron chi connectivity index (χ2n) is 3.39. The van der Waals surface area contributed by atoms with Crippen LogP contribution in [0.3, 0.4) is 0 Å². The fraction of sp³-hybridized carbons (Fsp3) is 0.273. The predicted molar refractivity (Wildman–Crippen MR) is 73.7 cm³/mol. The van der Waals surface area contributed by atoms with E-state index in [2.05, 4.69) is 33.0 Å². The first-order valence-corrected chi connectivity index (χ1v) is 7.11. The van der Waals surface area contributed by atoms with Gasteiger partial charge in [-0.2, -0.15) is 16.7 Å². The van der Waals surface area contributed by atoms with Crippen LogP contribution in [0.15, 0.2) is 27.2 Å². The molecule has 4 nitrogen and oxygen atoms in total. The van der Waals surface area contributed by atoms with Crippen LogP contribution >= 0.6 is 27.7 Å². The second kappa shape index (κ2) is 5.55. The number of anilines is 1. The van der Waals surface area contributed by atoms with Gasteiger partial charge in [-0.25, -0.2) is 0 Å². The summed E-state index contributed by atoms with van der Waals surface area (Å²) in [6.07, 6.45) is 0. The Bertz CT molecular complexity index is 515. The zero-order valence-corrected chi connectivity index (χ0v) is 11.7. The maximum Gasteiger partial charge on any atom is 0.259 e. The lowest BCUT2D eigenvalue weighted by Crippen LogP contribution is -1.88. The first kappa shape index (κ1) is 12.4. The molecule has 1 aromatic carbocycles. The highest BCUT2D eigenvalue weighted by atomic mass is 79.9. The average Bonchev–Trinajstić information content (AvgIpc) is 2.78. The predicted octanol–water partition coefficient (Wildman–Crippen LogP) is 3.33. The van der Waals surface area contributed by atoms with Crippen LogP contribution in [0.25, 0.3) is 11.5 Å². The molecule has 0 fully saturated rings. The van der Waals surface area contributed by atoms with Gasteiger partial charge in [-0.3, -0.25) is 0 Å². The molecule has 0 aliphatic carbocycles. The molecule has 2 rings (SSSR count). The van der Waals surface area contributed by atoms with E-state index < -0.39 is 0 Å². The van der Waals surface area contributed by atoms with Crippen molar-refractivity contribution >= 4 is 33.4 Å². The maximum absolute atomic E-state index is 5.74. The Hall–Kier alpha value is -1.01. The molecule has 0 bridgehead atoms. The Morgan fingerprint density at radius 1 is 1.47 bits per heavy atom. The molecular weight excluding hydrogens is 302 g/mol. The van der Waals surface area contributed by atoms with Gasteiger partial charge in [0, 0.05) is 10.2 Å². The highest BCUT2D eigenvalue weighted by Crippen LogP contribution is 2.29. The van der Waals surface area contributed by atoms with Crippen LogP contribution in [0.1, 0.15) is 12.7 Å². The molecule has 2 aromatic rings. The van der Waals surface area contributed by atoms with Gasteiger partial charge in [0.05, 0.1) is 11.3 Å². The summed E-state index contributed by atoms with van der Waals surface area (Å²) in [5.41, 5.74) is 7.23. The summed E-state index contributed by atoms with van der Waals surface area (Å²) in [6.45, 7) is 2.10. The van der Waals surface area contributed by atoms with E-state index in [4.69, 9.17) is 10.3 Å². The van der Waals surface area contributed by atoms with Crippen molar-refractivity contribution in [2.45, 2.75) is 12.7 Å². The van der Waals surface area contributed by atoms with Gasteiger partial charge in [0.1, 0.15) is 0 Å². The lowest BCUT2D eigenvalue weighted by Gasteiger charge is -1.99. The highest BCUT2D eigenvalue weighted by Gasteiger charge is 2.12. The number of halogens is 1. The molecule has 0 saturated heterocycles. The van der Waals surface area contributed by atoms with E-state index in [-0.39, 0.29) is 0 Å². The highest BCUT2D eigenvalue weighted by molar-refractivity contribution is 9.10. The molecule has 0 radical (unpaired) electrons. The normalized spacial score (nSPS) is 10.7. The van der Waals surface area contributed by atoms with Gasteiger partial charge in [-0.05, 0) is 39.9 Å². The van der Waals surface area contributed by atoms with Gasteiger partial charge in [-0.1, -0.05) is 12.1 Å². The van der Waals surface area contributed by atoms with Crippen LogP contribution in [0.2, 0.25) is 0 Å². The van der Waals surface area contributed by atoms with Crippen LogP contribution in [0.5, 0.6) is 0 Å². The van der Waals surface area contributed by atoms with Crippen LogP contribution in [0.4, 0.5) is 5.69 Å². The van der Waals surface area contributed by atoms with E-state index in [0.29, 0.717) is 17.4 Å². The molecule has 0 unspecified atom stereocenters. The zero-order valence-electron chi connectivity index (χ0n) is 9.31. The molecule has 0 atom stereocenters. The third kappa shape index (κ3) is 3.01. The summed E-state index contributed by atoms with van der Waals surface area (Å²) >= 11 is 5.20. The summed E-state index contributed by atoms with van der Waals surface area (Å²) in [7, 11) is 0. The van der Waals surface area contributed by atoms with E-state index in [1.54, 1.807) is 11.8 Å². The number of aromatic nitrogens is 2. The van der Waals surface area contributed by atoms with Crippen LogP contribution in [-0.2, 0) is 5.75 Å². The molecule has 0 saturated carbocycles. The van der Waals surface area contributed by atoms with E-state index >= 15 is 0 Å². The third-order valence-corrected chi connectivity index (χ3v) is 3.69. The SMILES string of the molecule is CCSCc1noc(-c2cc(N)ccc2Br)n1. The molecule has 0 spiro atoms. The van der Waals surface area contributed by atoms with Crippen LogP contribution in [0, 0.1) is 0 Å². The van der Waals surface area contributed by atoms with E-state index in [1.807, 2.05) is 18.2 Å². The molecular formula is C11H12BrN3OS. The van der Waals surface area contributed by atoms with Crippen LogP contribution in [-0.4, -0.2) is 15.9 Å². The number of benzene rings is 1. The molecule has 17 heavy (non-hydrogen) atoms. The van der Waals surface area contributed by atoms with Gasteiger partial charge in [0.15, 0.2) is 5.82 Å². The van der Waals surface area contributed by atoms with E-state index in [1.165, 1.54) is 0 Å². The Morgan fingerprint density at radius 2 is 2.29 bits per heavy atom. The fourth-order valence-corrected chi connectivity index (χ4v) is 2.24. The number of rotatable bonds is 4. The first-order valence-electron chi connectivity index (χ1n) is 5.16. The zero-order chi connectivity index (χ0) is 12.3. The third-order valence-electron chi connectivity index (χ3n) is 2.12. The van der Waals surface area contributed by atoms with Gasteiger partial charge in [-0.15, -0.1) is 0 Å². The smallest absolute Gasteiger partial charge is 0.259 e. The van der Waals surface area contributed by atoms with Gasteiger partial charge in [0.2, 0.25) is 0 Å². The minimum atomic E-state index is 0.496. The lowest BCUT2D eigenvalue weighted by molar-refractivity contribution is 0.425. The van der Waals surface area contributed by atoms with E-state index in [0.717, 1.165) is 21.5 Å². The van der Waals surface area contributed by atoms with Crippen molar-refractivity contribution in [2.24, 2.45) is 0 Å². The average molecular weight is 314 g/mol. The molecule has 0 aliphatic heterocycles. The minimum absolute atomic E-state index is 0.496. The summed E-state index contributed by atoms with van der Waals surface area (Å²) in [5.74, 6) is 3.00.